The number of hydrogen-bond acceptors (Lipinski definition) is 2. The molecule has 3 atom stereocenters. The predicted octanol–water partition coefficient (Wildman–Crippen LogP) is 3.62. The van der Waals surface area contributed by atoms with Gasteiger partial charge in [-0.1, -0.05) is 44.0 Å². The van der Waals surface area contributed by atoms with E-state index in [1.807, 2.05) is 0 Å². The Balaban J connectivity index is 1.58. The number of aliphatic hydroxyl groups excluding tert-OH is 1. The number of rotatable bonds is 4. The van der Waals surface area contributed by atoms with E-state index >= 15 is 0 Å². The van der Waals surface area contributed by atoms with E-state index in [2.05, 4.69) is 36.1 Å². The monoisotopic (exact) mass is 287 g/mol. The molecule has 1 N–H and O–H groups in total. The second kappa shape index (κ2) is 6.93. The minimum Gasteiger partial charge on any atom is -0.393 e. The molecule has 1 aromatic rings. The van der Waals surface area contributed by atoms with Crippen molar-refractivity contribution < 1.29 is 5.11 Å². The van der Waals surface area contributed by atoms with Crippen molar-refractivity contribution in [2.75, 3.05) is 13.1 Å². The van der Waals surface area contributed by atoms with Gasteiger partial charge >= 0.3 is 0 Å². The standard InChI is InChI=1S/C19H29NO/c1-2-5-15-8-9-19(21)18(12-15)14-20-11-10-16-6-3-4-7-17(16)13-20/h3-4,6-7,15,18-19,21H,2,5,8-14H2,1H3. The summed E-state index contributed by atoms with van der Waals surface area (Å²) in [6.45, 7) is 5.58. The van der Waals surface area contributed by atoms with Gasteiger partial charge in [0.25, 0.3) is 0 Å². The van der Waals surface area contributed by atoms with Crippen LogP contribution in [0.25, 0.3) is 0 Å². The highest BCUT2D eigenvalue weighted by molar-refractivity contribution is 5.29. The van der Waals surface area contributed by atoms with E-state index in [1.54, 1.807) is 0 Å². The first-order chi connectivity index (χ1) is 10.3. The summed E-state index contributed by atoms with van der Waals surface area (Å²) in [6.07, 6.45) is 7.19. The summed E-state index contributed by atoms with van der Waals surface area (Å²) < 4.78 is 0. The second-order valence-electron chi connectivity index (χ2n) is 7.05. The summed E-state index contributed by atoms with van der Waals surface area (Å²) >= 11 is 0. The molecule has 21 heavy (non-hydrogen) atoms. The van der Waals surface area contributed by atoms with E-state index in [9.17, 15) is 5.11 Å². The third-order valence-electron chi connectivity index (χ3n) is 5.45. The van der Waals surface area contributed by atoms with Crippen LogP contribution < -0.4 is 0 Å². The van der Waals surface area contributed by atoms with E-state index in [0.29, 0.717) is 5.92 Å². The molecule has 1 heterocycles. The van der Waals surface area contributed by atoms with E-state index in [0.717, 1.165) is 38.4 Å². The summed E-state index contributed by atoms with van der Waals surface area (Å²) in [4.78, 5) is 2.56. The second-order valence-corrected chi connectivity index (χ2v) is 7.05. The molecule has 0 amide bonds. The van der Waals surface area contributed by atoms with Crippen LogP contribution in [0.4, 0.5) is 0 Å². The highest BCUT2D eigenvalue weighted by atomic mass is 16.3. The minimum atomic E-state index is -0.0738. The molecule has 0 saturated heterocycles. The SMILES string of the molecule is CCCC1CCC(O)C(CN2CCc3ccccc3C2)C1. The maximum Gasteiger partial charge on any atom is 0.0580 e. The zero-order valence-corrected chi connectivity index (χ0v) is 13.3. The van der Waals surface area contributed by atoms with Crippen molar-refractivity contribution in [3.05, 3.63) is 35.4 Å². The first-order valence-corrected chi connectivity index (χ1v) is 8.73. The fourth-order valence-electron chi connectivity index (χ4n) is 4.25. The average molecular weight is 287 g/mol. The molecular weight excluding hydrogens is 258 g/mol. The van der Waals surface area contributed by atoms with Gasteiger partial charge < -0.3 is 5.11 Å². The summed E-state index contributed by atoms with van der Waals surface area (Å²) in [5, 5.41) is 10.4. The quantitative estimate of drug-likeness (QED) is 0.914. The Hall–Kier alpha value is -0.860. The Morgan fingerprint density at radius 3 is 2.81 bits per heavy atom. The van der Waals surface area contributed by atoms with Crippen LogP contribution in [-0.4, -0.2) is 29.2 Å². The van der Waals surface area contributed by atoms with Gasteiger partial charge in [0.1, 0.15) is 0 Å². The van der Waals surface area contributed by atoms with Crippen molar-refractivity contribution in [2.45, 2.75) is 58.1 Å². The van der Waals surface area contributed by atoms with Gasteiger partial charge in [0.15, 0.2) is 0 Å². The van der Waals surface area contributed by atoms with Crippen molar-refractivity contribution in [3.63, 3.8) is 0 Å². The minimum absolute atomic E-state index is 0.0738. The zero-order valence-electron chi connectivity index (χ0n) is 13.3. The first-order valence-electron chi connectivity index (χ1n) is 8.73. The molecule has 2 heteroatoms. The van der Waals surface area contributed by atoms with Crippen LogP contribution in [-0.2, 0) is 13.0 Å². The van der Waals surface area contributed by atoms with Crippen LogP contribution >= 0.6 is 0 Å². The number of aliphatic hydroxyl groups is 1. The number of hydrogen-bond donors (Lipinski definition) is 1. The lowest BCUT2D eigenvalue weighted by molar-refractivity contribution is 0.0233. The van der Waals surface area contributed by atoms with Crippen LogP contribution in [0.15, 0.2) is 24.3 Å². The van der Waals surface area contributed by atoms with Crippen molar-refractivity contribution in [2.24, 2.45) is 11.8 Å². The highest BCUT2D eigenvalue weighted by Crippen LogP contribution is 2.33. The Morgan fingerprint density at radius 1 is 1.19 bits per heavy atom. The highest BCUT2D eigenvalue weighted by Gasteiger charge is 2.30. The molecule has 0 bridgehead atoms. The molecule has 0 radical (unpaired) electrons. The summed E-state index contributed by atoms with van der Waals surface area (Å²) in [5.41, 5.74) is 3.00. The number of fused-ring (bicyclic) bond motifs is 1. The number of benzene rings is 1. The Kier molecular flexibility index (Phi) is 4.97. The number of nitrogens with zero attached hydrogens (tertiary/aromatic N) is 1. The van der Waals surface area contributed by atoms with Crippen molar-refractivity contribution in [1.82, 2.24) is 4.90 Å². The molecule has 1 aliphatic carbocycles. The topological polar surface area (TPSA) is 23.5 Å². The normalized spacial score (nSPS) is 30.1. The molecule has 2 aliphatic rings. The van der Waals surface area contributed by atoms with Crippen molar-refractivity contribution >= 4 is 0 Å². The largest absolute Gasteiger partial charge is 0.393 e. The molecule has 1 fully saturated rings. The van der Waals surface area contributed by atoms with Crippen LogP contribution in [0.3, 0.4) is 0 Å². The fraction of sp³-hybridized carbons (Fsp3) is 0.684. The smallest absolute Gasteiger partial charge is 0.0580 e. The molecular formula is C19H29NO. The average Bonchev–Trinajstić information content (AvgIpc) is 2.51. The van der Waals surface area contributed by atoms with Crippen molar-refractivity contribution in [1.29, 1.82) is 0 Å². The molecule has 0 aromatic heterocycles. The van der Waals surface area contributed by atoms with E-state index < -0.39 is 0 Å². The van der Waals surface area contributed by atoms with Crippen LogP contribution in [0, 0.1) is 11.8 Å². The first kappa shape index (κ1) is 15.1. The summed E-state index contributed by atoms with van der Waals surface area (Å²) in [7, 11) is 0. The Labute approximate surface area is 129 Å². The maximum absolute atomic E-state index is 10.4. The van der Waals surface area contributed by atoms with Gasteiger partial charge in [0, 0.05) is 19.6 Å². The van der Waals surface area contributed by atoms with Gasteiger partial charge in [-0.2, -0.15) is 0 Å². The molecule has 2 nitrogen and oxygen atoms in total. The molecule has 3 rings (SSSR count). The van der Waals surface area contributed by atoms with Crippen LogP contribution in [0.1, 0.15) is 50.2 Å². The lowest BCUT2D eigenvalue weighted by Crippen LogP contribution is -2.41. The van der Waals surface area contributed by atoms with Gasteiger partial charge in [-0.15, -0.1) is 0 Å². The molecule has 3 unspecified atom stereocenters. The van der Waals surface area contributed by atoms with E-state index in [1.165, 1.54) is 36.8 Å². The van der Waals surface area contributed by atoms with Gasteiger partial charge in [-0.05, 0) is 48.6 Å². The van der Waals surface area contributed by atoms with Crippen LogP contribution in [0.2, 0.25) is 0 Å². The fourth-order valence-corrected chi connectivity index (χ4v) is 4.25. The molecule has 1 aliphatic heterocycles. The maximum atomic E-state index is 10.4. The van der Waals surface area contributed by atoms with E-state index in [4.69, 9.17) is 0 Å². The van der Waals surface area contributed by atoms with Gasteiger partial charge in [0.2, 0.25) is 0 Å². The van der Waals surface area contributed by atoms with Gasteiger partial charge in [-0.25, -0.2) is 0 Å². The van der Waals surface area contributed by atoms with Crippen molar-refractivity contribution in [3.8, 4) is 0 Å². The Bertz CT molecular complexity index is 459. The Morgan fingerprint density at radius 2 is 2.00 bits per heavy atom. The summed E-state index contributed by atoms with van der Waals surface area (Å²) in [5.74, 6) is 1.33. The molecule has 1 aromatic carbocycles. The third-order valence-corrected chi connectivity index (χ3v) is 5.45. The lowest BCUT2D eigenvalue weighted by atomic mass is 9.77. The molecule has 0 spiro atoms. The molecule has 1 saturated carbocycles. The lowest BCUT2D eigenvalue weighted by Gasteiger charge is -2.38. The third kappa shape index (κ3) is 3.67. The van der Waals surface area contributed by atoms with Gasteiger partial charge in [0.05, 0.1) is 6.10 Å². The zero-order chi connectivity index (χ0) is 14.7. The van der Waals surface area contributed by atoms with E-state index in [-0.39, 0.29) is 6.10 Å². The van der Waals surface area contributed by atoms with Gasteiger partial charge in [-0.3, -0.25) is 4.90 Å². The predicted molar refractivity (Wildman–Crippen MR) is 87.2 cm³/mol. The summed E-state index contributed by atoms with van der Waals surface area (Å²) in [6, 6.07) is 8.82. The molecule has 116 valence electrons. The van der Waals surface area contributed by atoms with Crippen LogP contribution in [0.5, 0.6) is 0 Å².